The summed E-state index contributed by atoms with van der Waals surface area (Å²) >= 11 is 6.18. The molecule has 0 aliphatic carbocycles. The monoisotopic (exact) mass is 428 g/mol. The second kappa shape index (κ2) is 8.40. The number of carbonyl (C=O) groups is 2. The number of rotatable bonds is 5. The highest BCUT2D eigenvalue weighted by Gasteiger charge is 2.26. The Kier molecular flexibility index (Phi) is 6.08. The van der Waals surface area contributed by atoms with E-state index in [9.17, 15) is 9.59 Å². The lowest BCUT2D eigenvalue weighted by Gasteiger charge is -2.18. The molecule has 0 saturated heterocycles. The van der Waals surface area contributed by atoms with Crippen molar-refractivity contribution in [2.45, 2.75) is 32.2 Å². The van der Waals surface area contributed by atoms with Crippen LogP contribution in [0.25, 0.3) is 10.9 Å². The Bertz CT molecular complexity index is 1100. The van der Waals surface area contributed by atoms with Gasteiger partial charge in [-0.15, -0.1) is 0 Å². The van der Waals surface area contributed by atoms with E-state index in [1.807, 2.05) is 12.1 Å². The van der Waals surface area contributed by atoms with Gasteiger partial charge in [0.2, 0.25) is 0 Å². The molecule has 0 aliphatic rings. The van der Waals surface area contributed by atoms with E-state index < -0.39 is 17.9 Å². The third-order valence-corrected chi connectivity index (χ3v) is 5.25. The molecule has 3 rings (SSSR count). The van der Waals surface area contributed by atoms with E-state index in [2.05, 4.69) is 37.1 Å². The van der Waals surface area contributed by atoms with Crippen LogP contribution in [-0.2, 0) is 14.9 Å². The molecule has 0 spiro atoms. The highest BCUT2D eigenvalue weighted by Crippen LogP contribution is 2.29. The first-order chi connectivity index (χ1) is 14.1. The average molecular weight is 429 g/mol. The molecule has 1 amide bonds. The van der Waals surface area contributed by atoms with Crippen molar-refractivity contribution < 1.29 is 19.1 Å². The number of H-pyrrole nitrogens is 1. The molecular weight excluding hydrogens is 404 g/mol. The maximum absolute atomic E-state index is 12.9. The fourth-order valence-corrected chi connectivity index (χ4v) is 3.45. The van der Waals surface area contributed by atoms with Crippen LogP contribution in [0.2, 0.25) is 5.02 Å². The maximum Gasteiger partial charge on any atom is 0.333 e. The minimum atomic E-state index is -1.01. The van der Waals surface area contributed by atoms with Gasteiger partial charge >= 0.3 is 5.97 Å². The predicted octanol–water partition coefficient (Wildman–Crippen LogP) is 4.77. The van der Waals surface area contributed by atoms with E-state index in [1.54, 1.807) is 24.3 Å². The van der Waals surface area contributed by atoms with Crippen molar-refractivity contribution in [2.24, 2.45) is 0 Å². The van der Waals surface area contributed by atoms with Crippen LogP contribution in [0.4, 0.5) is 0 Å². The molecule has 0 aliphatic heterocycles. The van der Waals surface area contributed by atoms with Gasteiger partial charge in [-0.25, -0.2) is 4.79 Å². The van der Waals surface area contributed by atoms with E-state index >= 15 is 0 Å². The lowest BCUT2D eigenvalue weighted by molar-refractivity contribution is -0.143. The molecule has 0 saturated carbocycles. The van der Waals surface area contributed by atoms with Gasteiger partial charge in [-0.05, 0) is 46.9 Å². The van der Waals surface area contributed by atoms with E-state index in [0.29, 0.717) is 22.0 Å². The van der Waals surface area contributed by atoms with Crippen LogP contribution in [-0.4, -0.2) is 31.1 Å². The second-order valence-corrected chi connectivity index (χ2v) is 8.47. The van der Waals surface area contributed by atoms with Crippen molar-refractivity contribution in [3.63, 3.8) is 0 Å². The molecule has 30 heavy (non-hydrogen) atoms. The number of aromatic nitrogens is 1. The van der Waals surface area contributed by atoms with Gasteiger partial charge in [0.05, 0.1) is 19.2 Å². The molecule has 3 aromatic rings. The number of carbonyl (C=O) groups excluding carboxylic acids is 2. The third-order valence-electron chi connectivity index (χ3n) is 4.95. The smallest absolute Gasteiger partial charge is 0.333 e. The average Bonchev–Trinajstić information content (AvgIpc) is 3.14. The fourth-order valence-electron chi connectivity index (χ4n) is 3.19. The second-order valence-electron chi connectivity index (χ2n) is 8.06. The van der Waals surface area contributed by atoms with Crippen LogP contribution >= 0.6 is 11.6 Å². The van der Waals surface area contributed by atoms with Gasteiger partial charge in [-0.2, -0.15) is 0 Å². The summed E-state index contributed by atoms with van der Waals surface area (Å²) in [6, 6.07) is 11.7. The summed E-state index contributed by atoms with van der Waals surface area (Å²) in [5.41, 5.74) is 2.85. The van der Waals surface area contributed by atoms with Crippen molar-refractivity contribution in [1.29, 1.82) is 0 Å². The van der Waals surface area contributed by atoms with Gasteiger partial charge in [0, 0.05) is 10.9 Å². The number of amides is 1. The predicted molar refractivity (Wildman–Crippen MR) is 117 cm³/mol. The molecule has 0 radical (unpaired) electrons. The molecule has 0 fully saturated rings. The lowest BCUT2D eigenvalue weighted by Crippen LogP contribution is -2.34. The Morgan fingerprint density at radius 1 is 1.07 bits per heavy atom. The largest absolute Gasteiger partial charge is 0.495 e. The maximum atomic E-state index is 12.9. The Labute approximate surface area is 180 Å². The number of nitrogens with one attached hydrogen (secondary N) is 2. The van der Waals surface area contributed by atoms with Crippen LogP contribution < -0.4 is 10.1 Å². The number of fused-ring (bicyclic) bond motifs is 1. The summed E-state index contributed by atoms with van der Waals surface area (Å²) in [4.78, 5) is 28.4. The number of hydrogen-bond donors (Lipinski definition) is 2. The Balaban J connectivity index is 1.90. The molecule has 1 heterocycles. The van der Waals surface area contributed by atoms with Crippen molar-refractivity contribution in [3.8, 4) is 5.75 Å². The van der Waals surface area contributed by atoms with Gasteiger partial charge in [0.15, 0.2) is 6.04 Å². The summed E-state index contributed by atoms with van der Waals surface area (Å²) in [5.74, 6) is -0.554. The number of halogens is 1. The SMILES string of the molecule is COC(=O)C(NC(=O)c1cc2cc(C(C)(C)C)ccc2[nH]1)c1ccc(OC)c(Cl)c1. The molecule has 2 N–H and O–H groups in total. The van der Waals surface area contributed by atoms with Crippen molar-refractivity contribution in [3.05, 3.63) is 64.3 Å². The fraction of sp³-hybridized carbons (Fsp3) is 0.304. The number of aromatic amines is 1. The highest BCUT2D eigenvalue weighted by atomic mass is 35.5. The molecule has 1 atom stereocenters. The quantitative estimate of drug-likeness (QED) is 0.573. The topological polar surface area (TPSA) is 80.4 Å². The lowest BCUT2D eigenvalue weighted by atomic mass is 9.86. The van der Waals surface area contributed by atoms with Crippen LogP contribution in [0.1, 0.15) is 48.4 Å². The standard InChI is InChI=1S/C23H25ClN2O4/c1-23(2,3)15-7-8-17-14(10-15)12-18(25-17)21(27)26-20(22(28)30-5)13-6-9-19(29-4)16(24)11-13/h6-12,20,25H,1-5H3,(H,26,27). The molecule has 1 unspecified atom stereocenters. The van der Waals surface area contributed by atoms with Crippen molar-refractivity contribution in [2.75, 3.05) is 14.2 Å². The minimum Gasteiger partial charge on any atom is -0.495 e. The third kappa shape index (κ3) is 4.44. The van der Waals surface area contributed by atoms with E-state index in [4.69, 9.17) is 21.1 Å². The Morgan fingerprint density at radius 2 is 1.80 bits per heavy atom. The summed E-state index contributed by atoms with van der Waals surface area (Å²) in [7, 11) is 2.77. The van der Waals surface area contributed by atoms with E-state index in [-0.39, 0.29) is 5.41 Å². The number of benzene rings is 2. The zero-order valence-corrected chi connectivity index (χ0v) is 18.4. The van der Waals surface area contributed by atoms with Gasteiger partial charge in [-0.1, -0.05) is 44.5 Å². The van der Waals surface area contributed by atoms with Crippen LogP contribution in [0.15, 0.2) is 42.5 Å². The zero-order chi connectivity index (χ0) is 22.1. The normalized spacial score (nSPS) is 12.5. The van der Waals surface area contributed by atoms with Crippen LogP contribution in [0.3, 0.4) is 0 Å². The van der Waals surface area contributed by atoms with Gasteiger partial charge in [-0.3, -0.25) is 4.79 Å². The first-order valence-electron chi connectivity index (χ1n) is 9.49. The molecule has 0 bridgehead atoms. The molecular formula is C23H25ClN2O4. The minimum absolute atomic E-state index is 0.00248. The summed E-state index contributed by atoms with van der Waals surface area (Å²) in [5, 5.41) is 3.98. The summed E-state index contributed by atoms with van der Waals surface area (Å²) in [6.07, 6.45) is 0. The van der Waals surface area contributed by atoms with Gasteiger partial charge < -0.3 is 19.8 Å². The molecule has 158 valence electrons. The molecule has 1 aromatic heterocycles. The summed E-state index contributed by atoms with van der Waals surface area (Å²) in [6.45, 7) is 6.40. The van der Waals surface area contributed by atoms with E-state index in [0.717, 1.165) is 10.9 Å². The first-order valence-corrected chi connectivity index (χ1v) is 9.87. The Hall–Kier alpha value is -2.99. The number of ether oxygens (including phenoxy) is 2. The van der Waals surface area contributed by atoms with Crippen molar-refractivity contribution in [1.82, 2.24) is 10.3 Å². The Morgan fingerprint density at radius 3 is 2.40 bits per heavy atom. The van der Waals surface area contributed by atoms with Gasteiger partial charge in [0.25, 0.3) is 5.91 Å². The van der Waals surface area contributed by atoms with E-state index in [1.165, 1.54) is 19.8 Å². The molecule has 2 aromatic carbocycles. The number of methoxy groups -OCH3 is 2. The highest BCUT2D eigenvalue weighted by molar-refractivity contribution is 6.32. The molecule has 7 heteroatoms. The molecule has 6 nitrogen and oxygen atoms in total. The number of hydrogen-bond acceptors (Lipinski definition) is 4. The van der Waals surface area contributed by atoms with Crippen LogP contribution in [0.5, 0.6) is 5.75 Å². The summed E-state index contributed by atoms with van der Waals surface area (Å²) < 4.78 is 10.0. The number of esters is 1. The van der Waals surface area contributed by atoms with Crippen LogP contribution in [0, 0.1) is 0 Å². The van der Waals surface area contributed by atoms with Gasteiger partial charge in [0.1, 0.15) is 11.4 Å². The first kappa shape index (κ1) is 21.7. The zero-order valence-electron chi connectivity index (χ0n) is 17.6. The van der Waals surface area contributed by atoms with Crippen molar-refractivity contribution >= 4 is 34.4 Å².